The number of esters is 1. The highest BCUT2D eigenvalue weighted by Crippen LogP contribution is 2.30. The zero-order valence-corrected chi connectivity index (χ0v) is 17.2. The number of piperidine rings is 1. The highest BCUT2D eigenvalue weighted by molar-refractivity contribution is 6.30. The number of urea groups is 1. The maximum Gasteiger partial charge on any atom is 0.325 e. The topological polar surface area (TPSA) is 96.0 Å². The minimum absolute atomic E-state index is 0.221. The molecule has 3 rings (SSSR count). The van der Waals surface area contributed by atoms with E-state index in [1.165, 1.54) is 0 Å². The Bertz CT molecular complexity index is 837. The van der Waals surface area contributed by atoms with Crippen molar-refractivity contribution in [3.8, 4) is 0 Å². The maximum absolute atomic E-state index is 12.9. The summed E-state index contributed by atoms with van der Waals surface area (Å²) in [7, 11) is 0. The molecule has 2 fully saturated rings. The van der Waals surface area contributed by atoms with Crippen molar-refractivity contribution in [2.24, 2.45) is 5.92 Å². The quantitative estimate of drug-likeness (QED) is 0.578. The smallest absolute Gasteiger partial charge is 0.325 e. The Morgan fingerprint density at radius 3 is 2.59 bits per heavy atom. The average molecular weight is 422 g/mol. The van der Waals surface area contributed by atoms with Gasteiger partial charge in [-0.1, -0.05) is 23.7 Å². The summed E-state index contributed by atoms with van der Waals surface area (Å²) in [6.07, 6.45) is 1.01. The van der Waals surface area contributed by atoms with Gasteiger partial charge in [-0.2, -0.15) is 0 Å². The first-order valence-electron chi connectivity index (χ1n) is 9.60. The normalized spacial score (nSPS) is 22.6. The number of benzene rings is 1. The zero-order chi connectivity index (χ0) is 21.2. The molecule has 1 N–H and O–H groups in total. The Hall–Kier alpha value is -2.61. The van der Waals surface area contributed by atoms with Gasteiger partial charge in [-0.15, -0.1) is 0 Å². The van der Waals surface area contributed by atoms with Crippen LogP contribution in [0.5, 0.6) is 0 Å². The van der Waals surface area contributed by atoms with E-state index in [9.17, 15) is 19.2 Å². The predicted octanol–water partition coefficient (Wildman–Crippen LogP) is 1.91. The molecule has 8 nitrogen and oxygen atoms in total. The first-order chi connectivity index (χ1) is 13.8. The minimum atomic E-state index is -1.28. The molecule has 2 aliphatic heterocycles. The van der Waals surface area contributed by atoms with Crippen molar-refractivity contribution in [2.75, 3.05) is 26.2 Å². The number of amides is 4. The number of carbonyl (C=O) groups excluding carboxylic acids is 4. The largest absolute Gasteiger partial charge is 0.466 e. The van der Waals surface area contributed by atoms with Crippen molar-refractivity contribution in [1.29, 1.82) is 0 Å². The summed E-state index contributed by atoms with van der Waals surface area (Å²) < 4.78 is 5.03. The molecule has 1 unspecified atom stereocenters. The lowest BCUT2D eigenvalue weighted by molar-refractivity contribution is -0.151. The van der Waals surface area contributed by atoms with Crippen LogP contribution in [-0.4, -0.2) is 59.9 Å². The molecule has 0 aromatic heterocycles. The van der Waals surface area contributed by atoms with E-state index in [4.69, 9.17) is 16.3 Å². The number of rotatable bonds is 5. The summed E-state index contributed by atoms with van der Waals surface area (Å²) in [6, 6.07) is 6.08. The Morgan fingerprint density at radius 1 is 1.28 bits per heavy atom. The molecule has 156 valence electrons. The SMILES string of the molecule is CCOC(=O)C1CCN(C(=O)CN2C(=O)NC(C)(c3cccc(Cl)c3)C2=O)CC1. The van der Waals surface area contributed by atoms with Gasteiger partial charge >= 0.3 is 12.0 Å². The summed E-state index contributed by atoms with van der Waals surface area (Å²) in [6.45, 7) is 4.11. The van der Waals surface area contributed by atoms with Gasteiger partial charge in [0.1, 0.15) is 12.1 Å². The van der Waals surface area contributed by atoms with Gasteiger partial charge in [-0.05, 0) is 44.4 Å². The lowest BCUT2D eigenvalue weighted by Crippen LogP contribution is -2.47. The molecular weight excluding hydrogens is 398 g/mol. The molecule has 4 amide bonds. The molecule has 29 heavy (non-hydrogen) atoms. The molecule has 2 heterocycles. The number of nitrogens with zero attached hydrogens (tertiary/aromatic N) is 2. The van der Waals surface area contributed by atoms with E-state index in [2.05, 4.69) is 5.32 Å². The van der Waals surface area contributed by atoms with Crippen molar-refractivity contribution < 1.29 is 23.9 Å². The van der Waals surface area contributed by atoms with E-state index in [0.29, 0.717) is 43.1 Å². The van der Waals surface area contributed by atoms with Crippen LogP contribution in [0, 0.1) is 5.92 Å². The monoisotopic (exact) mass is 421 g/mol. The Labute approximate surface area is 174 Å². The van der Waals surface area contributed by atoms with E-state index in [-0.39, 0.29) is 24.3 Å². The second kappa shape index (κ2) is 8.41. The van der Waals surface area contributed by atoms with Crippen LogP contribution in [0.2, 0.25) is 5.02 Å². The van der Waals surface area contributed by atoms with Crippen LogP contribution in [0.1, 0.15) is 32.3 Å². The van der Waals surface area contributed by atoms with Gasteiger partial charge < -0.3 is 15.0 Å². The van der Waals surface area contributed by atoms with Gasteiger partial charge in [0.15, 0.2) is 0 Å². The van der Waals surface area contributed by atoms with Crippen LogP contribution in [0.25, 0.3) is 0 Å². The summed E-state index contributed by atoms with van der Waals surface area (Å²) in [5, 5.41) is 3.11. The second-order valence-electron chi connectivity index (χ2n) is 7.36. The van der Waals surface area contributed by atoms with Gasteiger partial charge in [0.25, 0.3) is 5.91 Å². The summed E-state index contributed by atoms with van der Waals surface area (Å²) in [5.41, 5.74) is -0.729. The average Bonchev–Trinajstić information content (AvgIpc) is 2.92. The van der Waals surface area contributed by atoms with E-state index in [0.717, 1.165) is 4.90 Å². The molecule has 0 bridgehead atoms. The molecule has 0 spiro atoms. The maximum atomic E-state index is 12.9. The van der Waals surface area contributed by atoms with Crippen LogP contribution in [0.4, 0.5) is 4.79 Å². The molecule has 0 saturated carbocycles. The minimum Gasteiger partial charge on any atom is -0.466 e. The molecule has 9 heteroatoms. The van der Waals surface area contributed by atoms with Gasteiger partial charge in [-0.25, -0.2) is 4.79 Å². The molecular formula is C20H24ClN3O5. The third kappa shape index (κ3) is 4.22. The Balaban J connectivity index is 1.63. The van der Waals surface area contributed by atoms with Crippen molar-refractivity contribution in [1.82, 2.24) is 15.1 Å². The highest BCUT2D eigenvalue weighted by Gasteiger charge is 2.49. The van der Waals surface area contributed by atoms with E-state index >= 15 is 0 Å². The Kier molecular flexibility index (Phi) is 6.12. The van der Waals surface area contributed by atoms with Crippen LogP contribution in [0.3, 0.4) is 0 Å². The third-order valence-corrected chi connectivity index (χ3v) is 5.67. The fourth-order valence-electron chi connectivity index (χ4n) is 3.70. The van der Waals surface area contributed by atoms with Gasteiger partial charge in [0, 0.05) is 18.1 Å². The number of hydrogen-bond acceptors (Lipinski definition) is 5. The van der Waals surface area contributed by atoms with Crippen molar-refractivity contribution >= 4 is 35.4 Å². The van der Waals surface area contributed by atoms with E-state index in [1.807, 2.05) is 0 Å². The van der Waals surface area contributed by atoms with E-state index < -0.39 is 17.5 Å². The first kappa shape index (κ1) is 21.1. The molecule has 1 aromatic rings. The summed E-state index contributed by atoms with van der Waals surface area (Å²) in [4.78, 5) is 52.4. The number of carbonyl (C=O) groups is 4. The molecule has 2 saturated heterocycles. The number of hydrogen-bond donors (Lipinski definition) is 1. The number of ether oxygens (including phenoxy) is 1. The van der Waals surface area contributed by atoms with Crippen LogP contribution < -0.4 is 5.32 Å². The number of likely N-dealkylation sites (tertiary alicyclic amines) is 1. The standard InChI is InChI=1S/C20H24ClN3O5/c1-3-29-17(26)13-7-9-23(10-8-13)16(25)12-24-18(27)20(2,22-19(24)28)14-5-4-6-15(21)11-14/h4-6,11,13H,3,7-10,12H2,1-2H3,(H,22,28). The predicted molar refractivity (Wildman–Crippen MR) is 105 cm³/mol. The van der Waals surface area contributed by atoms with Gasteiger partial charge in [0.05, 0.1) is 12.5 Å². The highest BCUT2D eigenvalue weighted by atomic mass is 35.5. The van der Waals surface area contributed by atoms with Crippen molar-refractivity contribution in [2.45, 2.75) is 32.2 Å². The van der Waals surface area contributed by atoms with Crippen molar-refractivity contribution in [3.63, 3.8) is 0 Å². The second-order valence-corrected chi connectivity index (χ2v) is 7.80. The molecule has 2 aliphatic rings. The van der Waals surface area contributed by atoms with Crippen LogP contribution >= 0.6 is 11.6 Å². The zero-order valence-electron chi connectivity index (χ0n) is 16.4. The number of halogens is 1. The van der Waals surface area contributed by atoms with Crippen LogP contribution in [-0.2, 0) is 24.7 Å². The summed E-state index contributed by atoms with van der Waals surface area (Å²) in [5.74, 6) is -1.29. The number of imide groups is 1. The molecule has 0 aliphatic carbocycles. The lowest BCUT2D eigenvalue weighted by Gasteiger charge is -2.31. The van der Waals surface area contributed by atoms with E-state index in [1.54, 1.807) is 43.0 Å². The number of nitrogens with one attached hydrogen (secondary N) is 1. The molecule has 1 aromatic carbocycles. The van der Waals surface area contributed by atoms with Gasteiger partial charge in [-0.3, -0.25) is 19.3 Å². The fraction of sp³-hybridized carbons (Fsp3) is 0.500. The fourth-order valence-corrected chi connectivity index (χ4v) is 3.89. The van der Waals surface area contributed by atoms with Crippen molar-refractivity contribution in [3.05, 3.63) is 34.9 Å². The third-order valence-electron chi connectivity index (χ3n) is 5.44. The molecule has 1 atom stereocenters. The Morgan fingerprint density at radius 2 is 1.97 bits per heavy atom. The first-order valence-corrected chi connectivity index (χ1v) is 9.98. The lowest BCUT2D eigenvalue weighted by atomic mass is 9.92. The molecule has 0 radical (unpaired) electrons. The van der Waals surface area contributed by atoms with Gasteiger partial charge in [0.2, 0.25) is 5.91 Å². The van der Waals surface area contributed by atoms with Crippen LogP contribution in [0.15, 0.2) is 24.3 Å². The summed E-state index contributed by atoms with van der Waals surface area (Å²) >= 11 is 6.01.